The molecule has 0 saturated carbocycles. The number of carbonyl (C=O) groups is 2. The van der Waals surface area contributed by atoms with Gasteiger partial charge in [0.25, 0.3) is 0 Å². The van der Waals surface area contributed by atoms with E-state index < -0.39 is 10.0 Å². The van der Waals surface area contributed by atoms with Crippen molar-refractivity contribution in [2.24, 2.45) is 0 Å². The molecule has 0 bridgehead atoms. The summed E-state index contributed by atoms with van der Waals surface area (Å²) in [5, 5.41) is 2.99. The van der Waals surface area contributed by atoms with Crippen LogP contribution in [-0.4, -0.2) is 50.8 Å². The van der Waals surface area contributed by atoms with Crippen LogP contribution in [0.5, 0.6) is 0 Å². The molecule has 184 valence electrons. The second-order valence-electron chi connectivity index (χ2n) is 8.96. The Morgan fingerprint density at radius 1 is 1.06 bits per heavy atom. The van der Waals surface area contributed by atoms with Crippen LogP contribution in [0, 0.1) is 13.8 Å². The molecule has 1 atom stereocenters. The van der Waals surface area contributed by atoms with Gasteiger partial charge in [-0.1, -0.05) is 55.0 Å². The van der Waals surface area contributed by atoms with Gasteiger partial charge in [0.1, 0.15) is 0 Å². The van der Waals surface area contributed by atoms with E-state index in [-0.39, 0.29) is 41.6 Å². The van der Waals surface area contributed by atoms with Crippen molar-refractivity contribution in [3.8, 4) is 0 Å². The van der Waals surface area contributed by atoms with Crippen LogP contribution in [0.15, 0.2) is 53.4 Å². The predicted molar refractivity (Wildman–Crippen MR) is 133 cm³/mol. The van der Waals surface area contributed by atoms with Crippen LogP contribution in [0.3, 0.4) is 0 Å². The fraction of sp³-hybridized carbons (Fsp3) is 0.462. The quantitative estimate of drug-likeness (QED) is 0.570. The third-order valence-electron chi connectivity index (χ3n) is 6.34. The summed E-state index contributed by atoms with van der Waals surface area (Å²) in [4.78, 5) is 27.5. The van der Waals surface area contributed by atoms with Crippen molar-refractivity contribution < 1.29 is 18.0 Å². The van der Waals surface area contributed by atoms with Gasteiger partial charge in [-0.3, -0.25) is 9.59 Å². The SMILES string of the molecule is CCC(C(=O)N1CCC(NC(=O)CCNS(=O)(=O)c2ccc(C)cc2C)CC1)c1ccccc1. The van der Waals surface area contributed by atoms with E-state index in [0.717, 1.165) is 17.5 Å². The minimum atomic E-state index is -3.66. The lowest BCUT2D eigenvalue weighted by Gasteiger charge is -2.34. The number of hydrogen-bond donors (Lipinski definition) is 2. The number of hydrogen-bond acceptors (Lipinski definition) is 4. The van der Waals surface area contributed by atoms with Gasteiger partial charge in [0.2, 0.25) is 21.8 Å². The largest absolute Gasteiger partial charge is 0.353 e. The Morgan fingerprint density at radius 2 is 1.74 bits per heavy atom. The Kier molecular flexibility index (Phi) is 8.85. The van der Waals surface area contributed by atoms with Gasteiger partial charge in [0, 0.05) is 32.1 Å². The molecule has 34 heavy (non-hydrogen) atoms. The summed E-state index contributed by atoms with van der Waals surface area (Å²) >= 11 is 0. The maximum Gasteiger partial charge on any atom is 0.240 e. The fourth-order valence-corrected chi connectivity index (χ4v) is 5.74. The van der Waals surface area contributed by atoms with Crippen molar-refractivity contribution >= 4 is 21.8 Å². The zero-order chi connectivity index (χ0) is 24.7. The van der Waals surface area contributed by atoms with Crippen LogP contribution in [-0.2, 0) is 19.6 Å². The summed E-state index contributed by atoms with van der Waals surface area (Å²) in [5.74, 6) is -0.194. The van der Waals surface area contributed by atoms with Crippen LogP contribution in [0.4, 0.5) is 0 Å². The lowest BCUT2D eigenvalue weighted by Crippen LogP contribution is -2.48. The van der Waals surface area contributed by atoms with E-state index in [2.05, 4.69) is 10.0 Å². The summed E-state index contributed by atoms with van der Waals surface area (Å²) in [7, 11) is -3.66. The van der Waals surface area contributed by atoms with Gasteiger partial charge >= 0.3 is 0 Å². The molecule has 1 heterocycles. The van der Waals surface area contributed by atoms with Crippen LogP contribution in [0.1, 0.15) is 55.2 Å². The zero-order valence-electron chi connectivity index (χ0n) is 20.2. The third kappa shape index (κ3) is 6.67. The van der Waals surface area contributed by atoms with Gasteiger partial charge in [-0.25, -0.2) is 13.1 Å². The van der Waals surface area contributed by atoms with Crippen molar-refractivity contribution in [2.75, 3.05) is 19.6 Å². The monoisotopic (exact) mass is 485 g/mol. The number of piperidine rings is 1. The highest BCUT2D eigenvalue weighted by molar-refractivity contribution is 7.89. The first-order valence-corrected chi connectivity index (χ1v) is 13.4. The highest BCUT2D eigenvalue weighted by Gasteiger charge is 2.28. The summed E-state index contributed by atoms with van der Waals surface area (Å²) in [6, 6.07) is 15.0. The molecule has 1 unspecified atom stereocenters. The number of likely N-dealkylation sites (tertiary alicyclic amines) is 1. The number of rotatable bonds is 9. The van der Waals surface area contributed by atoms with E-state index in [1.165, 1.54) is 0 Å². The Hall–Kier alpha value is -2.71. The zero-order valence-corrected chi connectivity index (χ0v) is 21.0. The molecule has 1 aliphatic rings. The lowest BCUT2D eigenvalue weighted by molar-refractivity contribution is -0.134. The standard InChI is InChI=1S/C26H35N3O4S/c1-4-23(21-8-6-5-7-9-21)26(31)29-16-13-22(14-17-29)28-25(30)12-15-27-34(32,33)24-11-10-19(2)18-20(24)3/h5-11,18,22-23,27H,4,12-17H2,1-3H3,(H,28,30). The molecule has 7 nitrogen and oxygen atoms in total. The minimum absolute atomic E-state index is 0.00991. The molecule has 2 amide bonds. The van der Waals surface area contributed by atoms with E-state index in [1.807, 2.05) is 55.1 Å². The van der Waals surface area contributed by atoms with Crippen LogP contribution in [0.25, 0.3) is 0 Å². The third-order valence-corrected chi connectivity index (χ3v) is 7.97. The molecular weight excluding hydrogens is 450 g/mol. The Bertz CT molecular complexity index is 1090. The Labute approximate surface area is 203 Å². The van der Waals surface area contributed by atoms with Gasteiger partial charge in [0.05, 0.1) is 10.8 Å². The number of amides is 2. The summed E-state index contributed by atoms with van der Waals surface area (Å²) in [5.41, 5.74) is 2.71. The number of benzene rings is 2. The molecule has 2 N–H and O–H groups in total. The van der Waals surface area contributed by atoms with E-state index in [9.17, 15) is 18.0 Å². The van der Waals surface area contributed by atoms with Gasteiger partial charge in [-0.05, 0) is 50.3 Å². The molecule has 3 rings (SSSR count). The molecular formula is C26H35N3O4S. The average molecular weight is 486 g/mol. The Morgan fingerprint density at radius 3 is 2.35 bits per heavy atom. The molecule has 0 spiro atoms. The van der Waals surface area contributed by atoms with E-state index >= 15 is 0 Å². The number of nitrogens with one attached hydrogen (secondary N) is 2. The van der Waals surface area contributed by atoms with Crippen molar-refractivity contribution in [3.05, 3.63) is 65.2 Å². The number of nitrogens with zero attached hydrogens (tertiary/aromatic N) is 1. The first kappa shape index (κ1) is 25.9. The molecule has 0 aromatic heterocycles. The maximum absolute atomic E-state index is 13.0. The van der Waals surface area contributed by atoms with Gasteiger partial charge in [0.15, 0.2) is 0 Å². The van der Waals surface area contributed by atoms with Gasteiger partial charge in [-0.15, -0.1) is 0 Å². The molecule has 1 saturated heterocycles. The number of sulfonamides is 1. The number of carbonyl (C=O) groups excluding carboxylic acids is 2. The van der Waals surface area contributed by atoms with Gasteiger partial charge in [-0.2, -0.15) is 0 Å². The summed E-state index contributed by atoms with van der Waals surface area (Å²) in [6.45, 7) is 6.94. The van der Waals surface area contributed by atoms with Crippen LogP contribution >= 0.6 is 0 Å². The van der Waals surface area contributed by atoms with Gasteiger partial charge < -0.3 is 10.2 Å². The summed E-state index contributed by atoms with van der Waals surface area (Å²) < 4.78 is 27.6. The molecule has 0 aliphatic carbocycles. The van der Waals surface area contributed by atoms with Crippen molar-refractivity contribution in [3.63, 3.8) is 0 Å². The lowest BCUT2D eigenvalue weighted by atomic mass is 9.93. The molecule has 2 aromatic rings. The average Bonchev–Trinajstić information content (AvgIpc) is 2.80. The molecule has 8 heteroatoms. The predicted octanol–water partition coefficient (Wildman–Crippen LogP) is 3.27. The Balaban J connectivity index is 1.43. The summed E-state index contributed by atoms with van der Waals surface area (Å²) in [6.07, 6.45) is 2.20. The van der Waals surface area contributed by atoms with E-state index in [4.69, 9.17) is 0 Å². The molecule has 2 aromatic carbocycles. The maximum atomic E-state index is 13.0. The second-order valence-corrected chi connectivity index (χ2v) is 10.7. The van der Waals surface area contributed by atoms with Crippen molar-refractivity contribution in [2.45, 2.75) is 63.3 Å². The molecule has 1 fully saturated rings. The van der Waals surface area contributed by atoms with Crippen LogP contribution in [0.2, 0.25) is 0 Å². The highest BCUT2D eigenvalue weighted by Crippen LogP contribution is 2.24. The smallest absolute Gasteiger partial charge is 0.240 e. The molecule has 1 aliphatic heterocycles. The van der Waals surface area contributed by atoms with E-state index in [0.29, 0.717) is 31.5 Å². The van der Waals surface area contributed by atoms with Crippen molar-refractivity contribution in [1.82, 2.24) is 14.9 Å². The fourth-order valence-electron chi connectivity index (χ4n) is 4.48. The second kappa shape index (κ2) is 11.6. The topological polar surface area (TPSA) is 95.6 Å². The molecule has 0 radical (unpaired) electrons. The normalized spacial score (nSPS) is 15.7. The van der Waals surface area contributed by atoms with E-state index in [1.54, 1.807) is 19.1 Å². The minimum Gasteiger partial charge on any atom is -0.353 e. The first-order valence-electron chi connectivity index (χ1n) is 11.9. The van der Waals surface area contributed by atoms with Crippen LogP contribution < -0.4 is 10.0 Å². The number of aryl methyl sites for hydroxylation is 2. The highest BCUT2D eigenvalue weighted by atomic mass is 32.2. The first-order chi connectivity index (χ1) is 16.2. The van der Waals surface area contributed by atoms with Crippen molar-refractivity contribution in [1.29, 1.82) is 0 Å².